The Kier molecular flexibility index (Phi) is 6.02. The fourth-order valence-corrected chi connectivity index (χ4v) is 4.15. The van der Waals surface area contributed by atoms with Crippen LogP contribution in [0.4, 0.5) is 0 Å². The molecule has 18 heavy (non-hydrogen) atoms. The van der Waals surface area contributed by atoms with E-state index in [1.165, 1.54) is 49.8 Å². The van der Waals surface area contributed by atoms with E-state index < -0.39 is 0 Å². The molecule has 0 aromatic carbocycles. The molecular weight excluding hydrogens is 260 g/mol. The van der Waals surface area contributed by atoms with Crippen LogP contribution in [0, 0.1) is 0 Å². The molecule has 1 aromatic rings. The molecule has 0 radical (unpaired) electrons. The number of hydrogen-bond acceptors (Lipinski definition) is 4. The van der Waals surface area contributed by atoms with Crippen molar-refractivity contribution < 1.29 is 0 Å². The first-order valence-electron chi connectivity index (χ1n) is 6.81. The van der Waals surface area contributed by atoms with Crippen LogP contribution in [0.1, 0.15) is 23.5 Å². The lowest BCUT2D eigenvalue weighted by Gasteiger charge is -2.32. The van der Waals surface area contributed by atoms with Crippen molar-refractivity contribution in [2.45, 2.75) is 18.6 Å². The molecule has 1 aliphatic rings. The number of piperazine rings is 1. The van der Waals surface area contributed by atoms with Crippen molar-refractivity contribution in [2.24, 2.45) is 0 Å². The van der Waals surface area contributed by atoms with Gasteiger partial charge in [0.15, 0.2) is 0 Å². The molecule has 0 saturated carbocycles. The largest absolute Gasteiger partial charge is 0.304 e. The van der Waals surface area contributed by atoms with Crippen LogP contribution in [0.25, 0.3) is 0 Å². The maximum atomic E-state index is 2.61. The molecule has 1 saturated heterocycles. The van der Waals surface area contributed by atoms with E-state index in [1.54, 1.807) is 0 Å². The smallest absolute Gasteiger partial charge is 0.0363 e. The zero-order valence-corrected chi connectivity index (χ0v) is 13.1. The number of rotatable bonds is 6. The second kappa shape index (κ2) is 7.53. The van der Waals surface area contributed by atoms with Gasteiger partial charge >= 0.3 is 0 Å². The van der Waals surface area contributed by atoms with E-state index >= 15 is 0 Å². The van der Waals surface area contributed by atoms with Gasteiger partial charge in [0.25, 0.3) is 0 Å². The number of likely N-dealkylation sites (N-methyl/N-ethyl adjacent to an activating group) is 1. The molecule has 0 N–H and O–H groups in total. The first kappa shape index (κ1) is 14.4. The van der Waals surface area contributed by atoms with Gasteiger partial charge in [-0.05, 0) is 44.1 Å². The van der Waals surface area contributed by atoms with Gasteiger partial charge in [-0.25, -0.2) is 0 Å². The monoisotopic (exact) mass is 284 g/mol. The van der Waals surface area contributed by atoms with Crippen LogP contribution in [0.3, 0.4) is 0 Å². The molecule has 1 aliphatic heterocycles. The third-order valence-electron chi connectivity index (χ3n) is 3.53. The lowest BCUT2D eigenvalue weighted by atomic mass is 10.3. The summed E-state index contributed by atoms with van der Waals surface area (Å²) in [5, 5.41) is 2.84. The number of nitrogens with zero attached hydrogens (tertiary/aromatic N) is 2. The Morgan fingerprint density at radius 2 is 2.11 bits per heavy atom. The normalized spacial score (nSPS) is 20.1. The highest BCUT2D eigenvalue weighted by Crippen LogP contribution is 2.31. The molecule has 2 heterocycles. The van der Waals surface area contributed by atoms with Crippen molar-refractivity contribution in [2.75, 3.05) is 45.5 Å². The summed E-state index contributed by atoms with van der Waals surface area (Å²) in [6.07, 6.45) is 1.32. The average Bonchev–Trinajstić information content (AvgIpc) is 2.90. The summed E-state index contributed by atoms with van der Waals surface area (Å²) in [5.41, 5.74) is 0. The van der Waals surface area contributed by atoms with E-state index in [0.29, 0.717) is 5.25 Å². The summed E-state index contributed by atoms with van der Waals surface area (Å²) in [4.78, 5) is 6.54. The summed E-state index contributed by atoms with van der Waals surface area (Å²) in [5.74, 6) is 1.28. The van der Waals surface area contributed by atoms with Gasteiger partial charge in [-0.3, -0.25) is 0 Å². The molecule has 0 bridgehead atoms. The van der Waals surface area contributed by atoms with Gasteiger partial charge in [0.1, 0.15) is 0 Å². The van der Waals surface area contributed by atoms with E-state index in [4.69, 9.17) is 0 Å². The van der Waals surface area contributed by atoms with Crippen LogP contribution in [0.5, 0.6) is 0 Å². The van der Waals surface area contributed by atoms with E-state index in [0.717, 1.165) is 0 Å². The maximum Gasteiger partial charge on any atom is 0.0363 e. The van der Waals surface area contributed by atoms with Gasteiger partial charge in [0.2, 0.25) is 0 Å². The van der Waals surface area contributed by atoms with Crippen LogP contribution >= 0.6 is 23.1 Å². The van der Waals surface area contributed by atoms with E-state index in [1.807, 2.05) is 11.3 Å². The number of thioether (sulfide) groups is 1. The van der Waals surface area contributed by atoms with E-state index in [9.17, 15) is 0 Å². The third-order valence-corrected chi connectivity index (χ3v) is 6.01. The van der Waals surface area contributed by atoms with E-state index in [-0.39, 0.29) is 0 Å². The van der Waals surface area contributed by atoms with Crippen molar-refractivity contribution in [3.8, 4) is 0 Å². The van der Waals surface area contributed by atoms with Gasteiger partial charge in [0.05, 0.1) is 0 Å². The molecule has 1 fully saturated rings. The van der Waals surface area contributed by atoms with Crippen molar-refractivity contribution in [3.05, 3.63) is 22.4 Å². The molecule has 0 spiro atoms. The van der Waals surface area contributed by atoms with Gasteiger partial charge < -0.3 is 9.80 Å². The summed E-state index contributed by atoms with van der Waals surface area (Å²) in [6.45, 7) is 8.57. The molecular formula is C14H24N2S2. The minimum Gasteiger partial charge on any atom is -0.304 e. The molecule has 2 nitrogen and oxygen atoms in total. The highest BCUT2D eigenvalue weighted by molar-refractivity contribution is 7.99. The Hall–Kier alpha value is -0.0300. The number of hydrogen-bond donors (Lipinski definition) is 0. The van der Waals surface area contributed by atoms with Crippen molar-refractivity contribution in [1.82, 2.24) is 9.80 Å². The Labute approximate surface area is 119 Å². The maximum absolute atomic E-state index is 2.61. The third kappa shape index (κ3) is 4.57. The number of thiophene rings is 1. The highest BCUT2D eigenvalue weighted by atomic mass is 32.2. The fourth-order valence-electron chi connectivity index (χ4n) is 2.22. The van der Waals surface area contributed by atoms with Crippen LogP contribution in [0.15, 0.2) is 17.5 Å². The molecule has 102 valence electrons. The summed E-state index contributed by atoms with van der Waals surface area (Å²) in [6, 6.07) is 4.41. The second-order valence-electron chi connectivity index (χ2n) is 5.03. The lowest BCUT2D eigenvalue weighted by Crippen LogP contribution is -2.44. The Bertz CT molecular complexity index is 319. The summed E-state index contributed by atoms with van der Waals surface area (Å²) in [7, 11) is 2.22. The minimum atomic E-state index is 0.664. The summed E-state index contributed by atoms with van der Waals surface area (Å²) >= 11 is 3.98. The van der Waals surface area contributed by atoms with Crippen molar-refractivity contribution >= 4 is 23.1 Å². The molecule has 1 aromatic heterocycles. The quantitative estimate of drug-likeness (QED) is 0.741. The van der Waals surface area contributed by atoms with E-state index in [2.05, 4.69) is 53.0 Å². The highest BCUT2D eigenvalue weighted by Gasteiger charge is 2.13. The molecule has 2 rings (SSSR count). The zero-order valence-electron chi connectivity index (χ0n) is 11.5. The summed E-state index contributed by atoms with van der Waals surface area (Å²) < 4.78 is 0. The van der Waals surface area contributed by atoms with Crippen LogP contribution in [-0.4, -0.2) is 55.3 Å². The van der Waals surface area contributed by atoms with Gasteiger partial charge in [-0.1, -0.05) is 6.07 Å². The molecule has 0 aliphatic carbocycles. The average molecular weight is 284 g/mol. The van der Waals surface area contributed by atoms with Crippen LogP contribution in [0.2, 0.25) is 0 Å². The minimum absolute atomic E-state index is 0.664. The van der Waals surface area contributed by atoms with Crippen molar-refractivity contribution in [1.29, 1.82) is 0 Å². The molecule has 0 unspecified atom stereocenters. The Balaban J connectivity index is 1.56. The van der Waals surface area contributed by atoms with Gasteiger partial charge in [-0.2, -0.15) is 11.8 Å². The van der Waals surface area contributed by atoms with Crippen LogP contribution in [-0.2, 0) is 0 Å². The predicted octanol–water partition coefficient (Wildman–Crippen LogP) is 3.18. The van der Waals surface area contributed by atoms with Gasteiger partial charge in [0, 0.05) is 36.3 Å². The topological polar surface area (TPSA) is 6.48 Å². The standard InChI is InChI=1S/C14H24N2S2/c1-13(14-5-3-11-18-14)17-12-4-6-16-9-7-15(2)8-10-16/h3,5,11,13H,4,6-10,12H2,1-2H3/t13-/m0/s1. The van der Waals surface area contributed by atoms with Gasteiger partial charge in [-0.15, -0.1) is 11.3 Å². The Morgan fingerprint density at radius 3 is 2.78 bits per heavy atom. The predicted molar refractivity (Wildman–Crippen MR) is 83.7 cm³/mol. The Morgan fingerprint density at radius 1 is 1.33 bits per heavy atom. The van der Waals surface area contributed by atoms with Crippen molar-refractivity contribution in [3.63, 3.8) is 0 Å². The molecule has 0 amide bonds. The lowest BCUT2D eigenvalue weighted by molar-refractivity contribution is 0.154. The zero-order chi connectivity index (χ0) is 12.8. The first-order valence-corrected chi connectivity index (χ1v) is 8.74. The molecule has 4 heteroatoms. The SMILES string of the molecule is C[C@H](SCCCN1CCN(C)CC1)c1cccs1. The second-order valence-corrected chi connectivity index (χ2v) is 7.45. The molecule has 1 atom stereocenters. The van der Waals surface area contributed by atoms with Crippen LogP contribution < -0.4 is 0 Å². The first-order chi connectivity index (χ1) is 8.75. The fraction of sp³-hybridized carbons (Fsp3) is 0.714.